The fourth-order valence-electron chi connectivity index (χ4n) is 1.52. The Bertz CT molecular complexity index is 405. The van der Waals surface area contributed by atoms with Gasteiger partial charge in [0.05, 0.1) is 13.2 Å². The summed E-state index contributed by atoms with van der Waals surface area (Å²) < 4.78 is 5.46. The maximum Gasteiger partial charge on any atom is 0.345 e. The zero-order valence-corrected chi connectivity index (χ0v) is 12.5. The molecule has 0 amide bonds. The highest BCUT2D eigenvalue weighted by atomic mass is 32.1. The quantitative estimate of drug-likeness (QED) is 0.672. The van der Waals surface area contributed by atoms with Crippen LogP contribution in [0.25, 0.3) is 0 Å². The number of likely N-dealkylation sites (N-methyl/N-ethyl adjacent to an activating group) is 1. The summed E-state index contributed by atoms with van der Waals surface area (Å²) in [4.78, 5) is 14.4. The zero-order chi connectivity index (χ0) is 14.3. The monoisotopic (exact) mass is 286 g/mol. The Morgan fingerprint density at radius 2 is 2.21 bits per heavy atom. The van der Waals surface area contributed by atoms with Gasteiger partial charge in [0.25, 0.3) is 0 Å². The Kier molecular flexibility index (Phi) is 7.01. The summed E-state index contributed by atoms with van der Waals surface area (Å²) in [6.07, 6.45) is 0. The van der Waals surface area contributed by atoms with E-state index in [4.69, 9.17) is 9.84 Å². The molecule has 0 atom stereocenters. The van der Waals surface area contributed by atoms with Crippen LogP contribution in [0.5, 0.6) is 0 Å². The van der Waals surface area contributed by atoms with Crippen LogP contribution in [0.3, 0.4) is 0 Å². The Morgan fingerprint density at radius 1 is 1.47 bits per heavy atom. The third-order valence-corrected chi connectivity index (χ3v) is 3.73. The van der Waals surface area contributed by atoms with E-state index >= 15 is 0 Å². The molecule has 0 aliphatic rings. The van der Waals surface area contributed by atoms with Gasteiger partial charge in [-0.1, -0.05) is 0 Å². The molecule has 0 saturated heterocycles. The van der Waals surface area contributed by atoms with Crippen LogP contribution in [0.15, 0.2) is 6.07 Å². The summed E-state index contributed by atoms with van der Waals surface area (Å²) >= 11 is 1.32. The molecule has 1 aromatic rings. The van der Waals surface area contributed by atoms with Crippen molar-refractivity contribution in [1.82, 2.24) is 10.2 Å². The lowest BCUT2D eigenvalue weighted by atomic mass is 10.2. The number of ether oxygens (including phenoxy) is 1. The molecule has 0 unspecified atom stereocenters. The van der Waals surface area contributed by atoms with Crippen LogP contribution in [-0.4, -0.2) is 56.4 Å². The predicted octanol–water partition coefficient (Wildman–Crippen LogP) is 1.42. The largest absolute Gasteiger partial charge is 0.477 e. The highest BCUT2D eigenvalue weighted by Crippen LogP contribution is 2.21. The first-order chi connectivity index (χ1) is 9.00. The van der Waals surface area contributed by atoms with Gasteiger partial charge in [0.15, 0.2) is 0 Å². The van der Waals surface area contributed by atoms with Gasteiger partial charge >= 0.3 is 5.97 Å². The predicted molar refractivity (Wildman–Crippen MR) is 77.1 cm³/mol. The number of carboxylic acid groups (broad SMARTS) is 1. The first-order valence-corrected chi connectivity index (χ1v) is 7.08. The van der Waals surface area contributed by atoms with E-state index in [1.165, 1.54) is 11.3 Å². The minimum atomic E-state index is -0.855. The number of carboxylic acids is 1. The fraction of sp³-hybridized carbons (Fsp3) is 0.615. The van der Waals surface area contributed by atoms with Crippen LogP contribution in [0.2, 0.25) is 0 Å². The molecule has 2 N–H and O–H groups in total. The Balaban J connectivity index is 2.17. The number of carbonyl (C=O) groups is 1. The number of hydrogen-bond acceptors (Lipinski definition) is 5. The highest BCUT2D eigenvalue weighted by Gasteiger charge is 2.10. The smallest absolute Gasteiger partial charge is 0.345 e. The van der Waals surface area contributed by atoms with Gasteiger partial charge in [-0.2, -0.15) is 0 Å². The van der Waals surface area contributed by atoms with Crippen molar-refractivity contribution < 1.29 is 14.6 Å². The Hall–Kier alpha value is -0.950. The summed E-state index contributed by atoms with van der Waals surface area (Å²) in [5.41, 5.74) is 1.05. The van der Waals surface area contributed by atoms with Crippen LogP contribution in [0.4, 0.5) is 0 Å². The van der Waals surface area contributed by atoms with Gasteiger partial charge in [-0.15, -0.1) is 11.3 Å². The second-order valence-corrected chi connectivity index (χ2v) is 5.85. The minimum Gasteiger partial charge on any atom is -0.477 e. The number of aromatic carboxylic acids is 1. The molecule has 0 aromatic carbocycles. The zero-order valence-electron chi connectivity index (χ0n) is 11.7. The maximum absolute atomic E-state index is 10.8. The topological polar surface area (TPSA) is 61.8 Å². The molecule has 0 spiro atoms. The van der Waals surface area contributed by atoms with E-state index in [9.17, 15) is 4.79 Å². The summed E-state index contributed by atoms with van der Waals surface area (Å²) in [5, 5.41) is 12.2. The van der Waals surface area contributed by atoms with Crippen molar-refractivity contribution in [2.75, 3.05) is 40.4 Å². The van der Waals surface area contributed by atoms with Crippen molar-refractivity contribution in [3.63, 3.8) is 0 Å². The van der Waals surface area contributed by atoms with Crippen LogP contribution in [-0.2, 0) is 11.3 Å². The second kappa shape index (κ2) is 8.27. The molecular weight excluding hydrogens is 264 g/mol. The van der Waals surface area contributed by atoms with E-state index in [1.807, 2.05) is 21.0 Å². The lowest BCUT2D eigenvalue weighted by Crippen LogP contribution is -2.23. The molecular formula is C13H22N2O3S. The summed E-state index contributed by atoms with van der Waals surface area (Å²) in [6.45, 7) is 5.73. The van der Waals surface area contributed by atoms with Crippen molar-refractivity contribution in [3.05, 3.63) is 21.4 Å². The van der Waals surface area contributed by atoms with Crippen molar-refractivity contribution in [3.8, 4) is 0 Å². The molecule has 1 heterocycles. The van der Waals surface area contributed by atoms with Crippen molar-refractivity contribution in [2.24, 2.45) is 0 Å². The summed E-state index contributed by atoms with van der Waals surface area (Å²) in [7, 11) is 4.03. The number of aryl methyl sites for hydroxylation is 1. The average molecular weight is 286 g/mol. The number of nitrogens with zero attached hydrogens (tertiary/aromatic N) is 1. The second-order valence-electron chi connectivity index (χ2n) is 4.59. The van der Waals surface area contributed by atoms with E-state index in [2.05, 4.69) is 10.2 Å². The van der Waals surface area contributed by atoms with E-state index in [-0.39, 0.29) is 0 Å². The Labute approximate surface area is 118 Å². The lowest BCUT2D eigenvalue weighted by molar-refractivity contribution is 0.0702. The van der Waals surface area contributed by atoms with Crippen molar-refractivity contribution in [2.45, 2.75) is 13.5 Å². The van der Waals surface area contributed by atoms with Gasteiger partial charge in [0.2, 0.25) is 0 Å². The SMILES string of the molecule is Cc1sc(C(=O)O)cc1CNCCOCCN(C)C. The molecule has 19 heavy (non-hydrogen) atoms. The maximum atomic E-state index is 10.8. The van der Waals surface area contributed by atoms with Crippen LogP contribution in [0, 0.1) is 6.92 Å². The van der Waals surface area contributed by atoms with Gasteiger partial charge < -0.3 is 20.1 Å². The van der Waals surface area contributed by atoms with Crippen LogP contribution >= 0.6 is 11.3 Å². The van der Waals surface area contributed by atoms with E-state index < -0.39 is 5.97 Å². The van der Waals surface area contributed by atoms with E-state index in [0.29, 0.717) is 18.0 Å². The molecule has 0 saturated carbocycles. The third-order valence-electron chi connectivity index (χ3n) is 2.65. The van der Waals surface area contributed by atoms with Gasteiger partial charge in [0, 0.05) is 24.5 Å². The molecule has 1 aromatic heterocycles. The minimum absolute atomic E-state index is 0.400. The van der Waals surface area contributed by atoms with Gasteiger partial charge in [-0.25, -0.2) is 4.79 Å². The third kappa shape index (κ3) is 6.15. The van der Waals surface area contributed by atoms with Gasteiger partial charge in [0.1, 0.15) is 4.88 Å². The molecule has 5 nitrogen and oxygen atoms in total. The molecule has 6 heteroatoms. The Morgan fingerprint density at radius 3 is 2.79 bits per heavy atom. The first-order valence-electron chi connectivity index (χ1n) is 6.26. The molecule has 0 radical (unpaired) electrons. The van der Waals surface area contributed by atoms with E-state index in [1.54, 1.807) is 6.07 Å². The van der Waals surface area contributed by atoms with Crippen LogP contribution in [0.1, 0.15) is 20.1 Å². The highest BCUT2D eigenvalue weighted by molar-refractivity contribution is 7.14. The van der Waals surface area contributed by atoms with Crippen molar-refractivity contribution in [1.29, 1.82) is 0 Å². The summed E-state index contributed by atoms with van der Waals surface area (Å²) in [5.74, 6) is -0.855. The van der Waals surface area contributed by atoms with Crippen molar-refractivity contribution >= 4 is 17.3 Å². The standard InChI is InChI=1S/C13H22N2O3S/c1-10-11(8-12(19-10)13(16)17)9-14-4-6-18-7-5-15(2)3/h8,14H,4-7,9H2,1-3H3,(H,16,17). The number of thiophene rings is 1. The molecule has 0 bridgehead atoms. The number of nitrogens with one attached hydrogen (secondary N) is 1. The number of hydrogen-bond donors (Lipinski definition) is 2. The van der Waals surface area contributed by atoms with E-state index in [0.717, 1.165) is 30.1 Å². The van der Waals surface area contributed by atoms with Gasteiger partial charge in [-0.3, -0.25) is 0 Å². The lowest BCUT2D eigenvalue weighted by Gasteiger charge is -2.10. The average Bonchev–Trinajstić information content (AvgIpc) is 2.69. The first kappa shape index (κ1) is 16.1. The van der Waals surface area contributed by atoms with Crippen LogP contribution < -0.4 is 5.32 Å². The number of rotatable bonds is 9. The molecule has 0 aliphatic heterocycles. The molecule has 1 rings (SSSR count). The molecule has 0 aliphatic carbocycles. The summed E-state index contributed by atoms with van der Waals surface area (Å²) in [6, 6.07) is 1.74. The van der Waals surface area contributed by atoms with Gasteiger partial charge in [-0.05, 0) is 32.6 Å². The molecule has 0 fully saturated rings. The molecule has 108 valence electrons. The normalized spacial score (nSPS) is 11.2. The fourth-order valence-corrected chi connectivity index (χ4v) is 2.40.